The molecule has 0 unspecified atom stereocenters. The standard InChI is InChI=1S/C20H26N2O3/c1-25-18-5-3-2-4-15(18)16-12-17(16)19(23)21-14-8-10-22(11-9-14)20(24)13-6-7-13/h2-5,13-14,16-17H,6-12H2,1H3,(H,21,23)/t16-,17+/m0/s1. The molecule has 2 amide bonds. The summed E-state index contributed by atoms with van der Waals surface area (Å²) in [6, 6.07) is 8.16. The van der Waals surface area contributed by atoms with E-state index in [9.17, 15) is 9.59 Å². The van der Waals surface area contributed by atoms with E-state index in [4.69, 9.17) is 4.74 Å². The molecule has 1 N–H and O–H groups in total. The van der Waals surface area contributed by atoms with Crippen LogP contribution >= 0.6 is 0 Å². The molecule has 1 saturated heterocycles. The summed E-state index contributed by atoms with van der Waals surface area (Å²) in [6.07, 6.45) is 4.75. The minimum absolute atomic E-state index is 0.0578. The summed E-state index contributed by atoms with van der Waals surface area (Å²) >= 11 is 0. The molecule has 0 aromatic heterocycles. The Morgan fingerprint density at radius 2 is 1.84 bits per heavy atom. The molecule has 2 saturated carbocycles. The average Bonchev–Trinajstić information content (AvgIpc) is 3.55. The van der Waals surface area contributed by atoms with E-state index in [2.05, 4.69) is 11.4 Å². The summed E-state index contributed by atoms with van der Waals surface area (Å²) < 4.78 is 5.41. The van der Waals surface area contributed by atoms with Crippen LogP contribution in [0.25, 0.3) is 0 Å². The molecule has 2 atom stereocenters. The Kier molecular flexibility index (Phi) is 4.40. The van der Waals surface area contributed by atoms with Gasteiger partial charge in [0.05, 0.1) is 7.11 Å². The molecule has 0 radical (unpaired) electrons. The summed E-state index contributed by atoms with van der Waals surface area (Å²) in [5.41, 5.74) is 1.13. The lowest BCUT2D eigenvalue weighted by molar-refractivity contribution is -0.133. The molecule has 0 bridgehead atoms. The van der Waals surface area contributed by atoms with Gasteiger partial charge in [-0.2, -0.15) is 0 Å². The fourth-order valence-electron chi connectivity index (χ4n) is 3.94. The van der Waals surface area contributed by atoms with E-state index in [1.165, 1.54) is 0 Å². The van der Waals surface area contributed by atoms with Crippen molar-refractivity contribution in [2.24, 2.45) is 11.8 Å². The summed E-state index contributed by atoms with van der Waals surface area (Å²) in [7, 11) is 1.67. The molecular formula is C20H26N2O3. The predicted octanol–water partition coefficient (Wildman–Crippen LogP) is 2.32. The Morgan fingerprint density at radius 3 is 2.52 bits per heavy atom. The third-order valence-electron chi connectivity index (χ3n) is 5.75. The van der Waals surface area contributed by atoms with Crippen LogP contribution in [0.3, 0.4) is 0 Å². The highest BCUT2D eigenvalue weighted by Crippen LogP contribution is 2.50. The van der Waals surface area contributed by atoms with E-state index in [1.54, 1.807) is 7.11 Å². The topological polar surface area (TPSA) is 58.6 Å². The maximum Gasteiger partial charge on any atom is 0.225 e. The molecule has 1 aromatic carbocycles. The Bertz CT molecular complexity index is 663. The van der Waals surface area contributed by atoms with E-state index in [1.807, 2.05) is 23.1 Å². The van der Waals surface area contributed by atoms with Crippen molar-refractivity contribution < 1.29 is 14.3 Å². The molecular weight excluding hydrogens is 316 g/mol. The maximum absolute atomic E-state index is 12.6. The first kappa shape index (κ1) is 16.4. The van der Waals surface area contributed by atoms with Crippen LogP contribution in [0.2, 0.25) is 0 Å². The zero-order valence-corrected chi connectivity index (χ0v) is 14.7. The first-order valence-corrected chi connectivity index (χ1v) is 9.39. The summed E-state index contributed by atoms with van der Waals surface area (Å²) in [6.45, 7) is 1.56. The Balaban J connectivity index is 1.27. The molecule has 134 valence electrons. The summed E-state index contributed by atoms with van der Waals surface area (Å²) in [5.74, 6) is 1.97. The molecule has 3 fully saturated rings. The Labute approximate surface area is 148 Å². The van der Waals surface area contributed by atoms with E-state index in [-0.39, 0.29) is 23.8 Å². The van der Waals surface area contributed by atoms with Gasteiger partial charge in [0, 0.05) is 31.0 Å². The maximum atomic E-state index is 12.6. The second-order valence-corrected chi connectivity index (χ2v) is 7.57. The highest BCUT2D eigenvalue weighted by Gasteiger charge is 2.46. The lowest BCUT2D eigenvalue weighted by atomic mass is 10.0. The molecule has 1 aliphatic heterocycles. The van der Waals surface area contributed by atoms with Gasteiger partial charge in [-0.15, -0.1) is 0 Å². The van der Waals surface area contributed by atoms with Gasteiger partial charge in [0.2, 0.25) is 11.8 Å². The quantitative estimate of drug-likeness (QED) is 0.893. The fourth-order valence-corrected chi connectivity index (χ4v) is 3.94. The number of ether oxygens (including phenoxy) is 1. The van der Waals surface area contributed by atoms with Gasteiger partial charge in [-0.3, -0.25) is 9.59 Å². The molecule has 0 spiro atoms. The van der Waals surface area contributed by atoms with Crippen LogP contribution in [0.15, 0.2) is 24.3 Å². The number of rotatable bonds is 5. The number of nitrogens with one attached hydrogen (secondary N) is 1. The molecule has 5 heteroatoms. The number of amides is 2. The molecule has 4 rings (SSSR count). The molecule has 5 nitrogen and oxygen atoms in total. The molecule has 3 aliphatic rings. The predicted molar refractivity (Wildman–Crippen MR) is 94.3 cm³/mol. The molecule has 2 aliphatic carbocycles. The number of hydrogen-bond acceptors (Lipinski definition) is 3. The van der Waals surface area contributed by atoms with Crippen LogP contribution in [0.5, 0.6) is 5.75 Å². The number of carbonyl (C=O) groups excluding carboxylic acids is 2. The van der Waals surface area contributed by atoms with Gasteiger partial charge < -0.3 is 15.0 Å². The van der Waals surface area contributed by atoms with Crippen molar-refractivity contribution in [1.29, 1.82) is 0 Å². The summed E-state index contributed by atoms with van der Waals surface area (Å²) in [4.78, 5) is 26.6. The number of methoxy groups -OCH3 is 1. The van der Waals surface area contributed by atoms with Gasteiger partial charge >= 0.3 is 0 Å². The SMILES string of the molecule is COc1ccccc1[C@@H]1C[C@H]1C(=O)NC1CCN(C(=O)C2CC2)CC1. The second-order valence-electron chi connectivity index (χ2n) is 7.57. The van der Waals surface area contributed by atoms with Crippen molar-refractivity contribution >= 4 is 11.8 Å². The van der Waals surface area contributed by atoms with Gasteiger partial charge in [0.25, 0.3) is 0 Å². The third kappa shape index (κ3) is 3.51. The molecule has 1 heterocycles. The van der Waals surface area contributed by atoms with Crippen LogP contribution in [0.1, 0.15) is 43.6 Å². The number of nitrogens with zero attached hydrogens (tertiary/aromatic N) is 1. The Morgan fingerprint density at radius 1 is 1.12 bits per heavy atom. The highest BCUT2D eigenvalue weighted by molar-refractivity contribution is 5.83. The fraction of sp³-hybridized carbons (Fsp3) is 0.600. The van der Waals surface area contributed by atoms with Crippen LogP contribution in [-0.4, -0.2) is 43.0 Å². The monoisotopic (exact) mass is 342 g/mol. The van der Waals surface area contributed by atoms with E-state index in [0.29, 0.717) is 11.8 Å². The van der Waals surface area contributed by atoms with Crippen LogP contribution in [0.4, 0.5) is 0 Å². The number of carbonyl (C=O) groups is 2. The van der Waals surface area contributed by atoms with Crippen molar-refractivity contribution in [3.63, 3.8) is 0 Å². The minimum Gasteiger partial charge on any atom is -0.496 e. The van der Waals surface area contributed by atoms with E-state index in [0.717, 1.165) is 56.5 Å². The average molecular weight is 342 g/mol. The third-order valence-corrected chi connectivity index (χ3v) is 5.75. The Hall–Kier alpha value is -2.04. The van der Waals surface area contributed by atoms with Crippen LogP contribution in [-0.2, 0) is 9.59 Å². The summed E-state index contributed by atoms with van der Waals surface area (Å²) in [5, 5.41) is 3.20. The van der Waals surface area contributed by atoms with Crippen molar-refractivity contribution in [2.45, 2.75) is 44.1 Å². The highest BCUT2D eigenvalue weighted by atomic mass is 16.5. The van der Waals surface area contributed by atoms with Crippen molar-refractivity contribution in [1.82, 2.24) is 10.2 Å². The number of likely N-dealkylation sites (tertiary alicyclic amines) is 1. The molecule has 25 heavy (non-hydrogen) atoms. The van der Waals surface area contributed by atoms with Crippen molar-refractivity contribution in [3.8, 4) is 5.75 Å². The zero-order valence-electron chi connectivity index (χ0n) is 14.7. The smallest absolute Gasteiger partial charge is 0.225 e. The normalized spacial score (nSPS) is 26.2. The van der Waals surface area contributed by atoms with E-state index >= 15 is 0 Å². The minimum atomic E-state index is 0.0578. The van der Waals surface area contributed by atoms with Gasteiger partial charge in [-0.1, -0.05) is 18.2 Å². The first-order chi connectivity index (χ1) is 12.2. The van der Waals surface area contributed by atoms with Crippen molar-refractivity contribution in [3.05, 3.63) is 29.8 Å². The zero-order chi connectivity index (χ0) is 17.4. The number of benzene rings is 1. The van der Waals surface area contributed by atoms with Gasteiger partial charge in [-0.25, -0.2) is 0 Å². The van der Waals surface area contributed by atoms with E-state index < -0.39 is 0 Å². The van der Waals surface area contributed by atoms with Crippen molar-refractivity contribution in [2.75, 3.05) is 20.2 Å². The lowest BCUT2D eigenvalue weighted by Crippen LogP contribution is -2.47. The number of hydrogen-bond donors (Lipinski definition) is 1. The van der Waals surface area contributed by atoms with Gasteiger partial charge in [-0.05, 0) is 49.7 Å². The largest absolute Gasteiger partial charge is 0.496 e. The van der Waals surface area contributed by atoms with Crippen LogP contribution in [0, 0.1) is 11.8 Å². The van der Waals surface area contributed by atoms with Gasteiger partial charge in [0.1, 0.15) is 5.75 Å². The lowest BCUT2D eigenvalue weighted by Gasteiger charge is -2.32. The number of piperidine rings is 1. The van der Waals surface area contributed by atoms with Crippen LogP contribution < -0.4 is 10.1 Å². The second kappa shape index (κ2) is 6.70. The first-order valence-electron chi connectivity index (χ1n) is 9.39. The molecule has 1 aromatic rings. The number of para-hydroxylation sites is 1. The van der Waals surface area contributed by atoms with Gasteiger partial charge in [0.15, 0.2) is 0 Å².